The molecule has 1 aromatic carbocycles. The number of anilines is 1. The molecule has 106 valence electrons. The van der Waals surface area contributed by atoms with Crippen LogP contribution in [0.1, 0.15) is 20.3 Å². The van der Waals surface area contributed by atoms with Crippen LogP contribution in [-0.2, 0) is 10.0 Å². The van der Waals surface area contributed by atoms with Crippen LogP contribution >= 0.6 is 23.2 Å². The van der Waals surface area contributed by atoms with Crippen molar-refractivity contribution < 1.29 is 8.42 Å². The molecule has 1 aliphatic heterocycles. The summed E-state index contributed by atoms with van der Waals surface area (Å²) in [5.41, 5.74) is 5.87. The number of nitrogen functional groups attached to an aromatic ring is 1. The third-order valence-electron chi connectivity index (χ3n) is 3.33. The van der Waals surface area contributed by atoms with Gasteiger partial charge in [0.25, 0.3) is 0 Å². The largest absolute Gasteiger partial charge is 0.398 e. The lowest BCUT2D eigenvalue weighted by molar-refractivity contribution is 0.406. The van der Waals surface area contributed by atoms with Gasteiger partial charge in [-0.1, -0.05) is 30.1 Å². The SMILES string of the molecule is CC1CC(C)N(S(=O)(=O)c2c(N)cc(Cl)cc2Cl)C1. The first kappa shape index (κ1) is 14.9. The van der Waals surface area contributed by atoms with E-state index in [2.05, 4.69) is 0 Å². The second kappa shape index (κ2) is 5.13. The van der Waals surface area contributed by atoms with Crippen LogP contribution in [0.5, 0.6) is 0 Å². The standard InChI is InChI=1S/C12H16Cl2N2O2S/c1-7-3-8(2)16(6-7)19(17,18)12-10(14)4-9(13)5-11(12)15/h4-5,7-8H,3,6,15H2,1-2H3. The highest BCUT2D eigenvalue weighted by Gasteiger charge is 2.38. The van der Waals surface area contributed by atoms with Crippen molar-refractivity contribution in [2.45, 2.75) is 31.2 Å². The van der Waals surface area contributed by atoms with E-state index >= 15 is 0 Å². The molecule has 0 amide bonds. The van der Waals surface area contributed by atoms with Gasteiger partial charge in [0, 0.05) is 17.6 Å². The van der Waals surface area contributed by atoms with Crippen LogP contribution in [0.15, 0.2) is 17.0 Å². The first-order valence-corrected chi connectivity index (χ1v) is 8.19. The minimum absolute atomic E-state index is 0.0421. The molecule has 1 aliphatic rings. The molecule has 7 heteroatoms. The Balaban J connectivity index is 2.52. The lowest BCUT2D eigenvalue weighted by Gasteiger charge is -2.22. The van der Waals surface area contributed by atoms with Crippen LogP contribution in [0.4, 0.5) is 5.69 Å². The molecule has 4 nitrogen and oxygen atoms in total. The van der Waals surface area contributed by atoms with E-state index in [9.17, 15) is 8.42 Å². The van der Waals surface area contributed by atoms with Crippen molar-refractivity contribution in [1.82, 2.24) is 4.31 Å². The number of sulfonamides is 1. The number of hydrogen-bond donors (Lipinski definition) is 1. The van der Waals surface area contributed by atoms with Gasteiger partial charge in [-0.15, -0.1) is 0 Å². The van der Waals surface area contributed by atoms with Crippen molar-refractivity contribution in [3.63, 3.8) is 0 Å². The third-order valence-corrected chi connectivity index (χ3v) is 6.06. The van der Waals surface area contributed by atoms with Crippen molar-refractivity contribution in [3.8, 4) is 0 Å². The minimum Gasteiger partial charge on any atom is -0.398 e. The molecule has 2 atom stereocenters. The van der Waals surface area contributed by atoms with Crippen molar-refractivity contribution in [1.29, 1.82) is 0 Å². The lowest BCUT2D eigenvalue weighted by atomic mass is 10.1. The molecule has 2 rings (SSSR count). The van der Waals surface area contributed by atoms with E-state index in [1.54, 1.807) is 0 Å². The fourth-order valence-electron chi connectivity index (χ4n) is 2.57. The van der Waals surface area contributed by atoms with Crippen molar-refractivity contribution in [3.05, 3.63) is 22.2 Å². The van der Waals surface area contributed by atoms with Crippen molar-refractivity contribution in [2.24, 2.45) is 5.92 Å². The molecule has 1 saturated heterocycles. The molecule has 2 N–H and O–H groups in total. The summed E-state index contributed by atoms with van der Waals surface area (Å²) < 4.78 is 26.8. The summed E-state index contributed by atoms with van der Waals surface area (Å²) in [4.78, 5) is -0.0421. The van der Waals surface area contributed by atoms with Crippen LogP contribution in [-0.4, -0.2) is 25.3 Å². The Kier molecular flexibility index (Phi) is 4.02. The van der Waals surface area contributed by atoms with Gasteiger partial charge in [0.05, 0.1) is 10.7 Å². The third kappa shape index (κ3) is 2.70. The van der Waals surface area contributed by atoms with Gasteiger partial charge in [0.2, 0.25) is 10.0 Å². The Morgan fingerprint density at radius 1 is 1.32 bits per heavy atom. The number of hydrogen-bond acceptors (Lipinski definition) is 3. The molecular weight excluding hydrogens is 307 g/mol. The summed E-state index contributed by atoms with van der Waals surface area (Å²) in [6.07, 6.45) is 0.838. The van der Waals surface area contributed by atoms with Crippen LogP contribution in [0, 0.1) is 5.92 Å². The molecule has 0 saturated carbocycles. The smallest absolute Gasteiger partial charge is 0.246 e. The maximum Gasteiger partial charge on any atom is 0.246 e. The van der Waals surface area contributed by atoms with Crippen molar-refractivity contribution >= 4 is 38.9 Å². The number of benzene rings is 1. The molecule has 1 aromatic rings. The first-order chi connectivity index (χ1) is 8.73. The predicted octanol–water partition coefficient (Wildman–Crippen LogP) is 2.99. The molecule has 1 fully saturated rings. The topological polar surface area (TPSA) is 63.4 Å². The highest BCUT2D eigenvalue weighted by Crippen LogP contribution is 2.36. The molecule has 0 bridgehead atoms. The Morgan fingerprint density at radius 3 is 2.42 bits per heavy atom. The number of nitrogens with zero attached hydrogens (tertiary/aromatic N) is 1. The van der Waals surface area contributed by atoms with E-state index in [0.29, 0.717) is 17.5 Å². The molecular formula is C12H16Cl2N2O2S. The van der Waals surface area contributed by atoms with Gasteiger partial charge in [-0.05, 0) is 31.4 Å². The fraction of sp³-hybridized carbons (Fsp3) is 0.500. The summed E-state index contributed by atoms with van der Waals surface area (Å²) in [6.45, 7) is 4.40. The maximum absolute atomic E-state index is 12.7. The average Bonchev–Trinajstić information content (AvgIpc) is 2.56. The van der Waals surface area contributed by atoms with E-state index in [4.69, 9.17) is 28.9 Å². The number of halogens is 2. The molecule has 0 aromatic heterocycles. The molecule has 19 heavy (non-hydrogen) atoms. The highest BCUT2D eigenvalue weighted by molar-refractivity contribution is 7.89. The Bertz CT molecular complexity index is 581. The van der Waals surface area contributed by atoms with Gasteiger partial charge < -0.3 is 5.73 Å². The Hall–Kier alpha value is -0.490. The minimum atomic E-state index is -3.68. The quantitative estimate of drug-likeness (QED) is 0.851. The van der Waals surface area contributed by atoms with Gasteiger partial charge in [-0.2, -0.15) is 4.31 Å². The molecule has 0 radical (unpaired) electrons. The van der Waals surface area contributed by atoms with E-state index < -0.39 is 10.0 Å². The Morgan fingerprint density at radius 2 is 1.95 bits per heavy atom. The first-order valence-electron chi connectivity index (χ1n) is 6.00. The monoisotopic (exact) mass is 322 g/mol. The average molecular weight is 323 g/mol. The van der Waals surface area contributed by atoms with Gasteiger partial charge in [0.1, 0.15) is 4.90 Å². The molecule has 0 aliphatic carbocycles. The van der Waals surface area contributed by atoms with E-state index in [1.165, 1.54) is 16.4 Å². The van der Waals surface area contributed by atoms with Crippen LogP contribution in [0.25, 0.3) is 0 Å². The predicted molar refractivity (Wildman–Crippen MR) is 78.0 cm³/mol. The second-order valence-corrected chi connectivity index (χ2v) is 7.74. The van der Waals surface area contributed by atoms with Crippen LogP contribution in [0.3, 0.4) is 0 Å². The van der Waals surface area contributed by atoms with E-state index in [0.717, 1.165) is 6.42 Å². The number of rotatable bonds is 2. The zero-order chi connectivity index (χ0) is 14.4. The molecule has 2 unspecified atom stereocenters. The van der Waals surface area contributed by atoms with Crippen molar-refractivity contribution in [2.75, 3.05) is 12.3 Å². The van der Waals surface area contributed by atoms with E-state index in [1.807, 2.05) is 13.8 Å². The van der Waals surface area contributed by atoms with Gasteiger partial charge in [0.15, 0.2) is 0 Å². The van der Waals surface area contributed by atoms with Crippen LogP contribution in [0.2, 0.25) is 10.0 Å². The second-order valence-electron chi connectivity index (χ2n) is 5.07. The summed E-state index contributed by atoms with van der Waals surface area (Å²) in [5, 5.41) is 0.390. The maximum atomic E-state index is 12.7. The van der Waals surface area contributed by atoms with Gasteiger partial charge in [-0.3, -0.25) is 0 Å². The van der Waals surface area contributed by atoms with Gasteiger partial charge >= 0.3 is 0 Å². The Labute approximate surface area is 123 Å². The number of nitrogens with two attached hydrogens (primary N) is 1. The molecule has 0 spiro atoms. The zero-order valence-corrected chi connectivity index (χ0v) is 13.1. The zero-order valence-electron chi connectivity index (χ0n) is 10.7. The normalized spacial score (nSPS) is 24.8. The fourth-order valence-corrected chi connectivity index (χ4v) is 5.28. The summed E-state index contributed by atoms with van der Waals surface area (Å²) >= 11 is 11.8. The highest BCUT2D eigenvalue weighted by atomic mass is 35.5. The lowest BCUT2D eigenvalue weighted by Crippen LogP contribution is -2.34. The van der Waals surface area contributed by atoms with Crippen LogP contribution < -0.4 is 5.73 Å². The summed E-state index contributed by atoms with van der Waals surface area (Å²) in [6, 6.07) is 2.76. The molecule has 1 heterocycles. The summed E-state index contributed by atoms with van der Waals surface area (Å²) in [7, 11) is -3.68. The van der Waals surface area contributed by atoms with E-state index in [-0.39, 0.29) is 21.6 Å². The summed E-state index contributed by atoms with van der Waals surface area (Å²) in [5.74, 6) is 0.331. The van der Waals surface area contributed by atoms with Gasteiger partial charge in [-0.25, -0.2) is 8.42 Å².